The predicted molar refractivity (Wildman–Crippen MR) is 95.9 cm³/mol. The van der Waals surface area contributed by atoms with Crippen molar-refractivity contribution in [2.45, 2.75) is 26.2 Å². The second-order valence-electron chi connectivity index (χ2n) is 5.92. The minimum atomic E-state index is -1.21. The normalized spacial score (nSPS) is 11.4. The Labute approximate surface area is 135 Å². The van der Waals surface area contributed by atoms with Gasteiger partial charge in [-0.25, -0.2) is 0 Å². The van der Waals surface area contributed by atoms with Crippen LogP contribution in [0, 0.1) is 0 Å². The van der Waals surface area contributed by atoms with Crippen molar-refractivity contribution in [2.24, 2.45) is 0 Å². The largest absolute Gasteiger partial charge is 0.380 e. The fourth-order valence-corrected chi connectivity index (χ4v) is 3.86. The number of hydrogen-bond acceptors (Lipinski definition) is 1. The monoisotopic (exact) mass is 367 g/mol. The maximum atomic E-state index is 6.19. The minimum absolute atomic E-state index is 0.734. The van der Waals surface area contributed by atoms with E-state index in [0.717, 1.165) is 21.7 Å². The highest BCUT2D eigenvalue weighted by molar-refractivity contribution is 9.10. The molecule has 106 valence electrons. The molecule has 0 aliphatic carbocycles. The van der Waals surface area contributed by atoms with Crippen LogP contribution in [-0.4, -0.2) is 8.07 Å². The molecule has 0 atom stereocenters. The van der Waals surface area contributed by atoms with Gasteiger partial charge in [0, 0.05) is 11.0 Å². The molecule has 0 heterocycles. The van der Waals surface area contributed by atoms with E-state index in [1.807, 2.05) is 18.2 Å². The molecule has 0 aliphatic rings. The Morgan fingerprint density at radius 1 is 1.05 bits per heavy atom. The van der Waals surface area contributed by atoms with Crippen LogP contribution in [0.1, 0.15) is 5.56 Å². The number of anilines is 1. The summed E-state index contributed by atoms with van der Waals surface area (Å²) in [5.74, 6) is 0. The van der Waals surface area contributed by atoms with E-state index in [-0.39, 0.29) is 0 Å². The highest BCUT2D eigenvalue weighted by atomic mass is 79.9. The van der Waals surface area contributed by atoms with Crippen molar-refractivity contribution in [1.82, 2.24) is 0 Å². The highest BCUT2D eigenvalue weighted by Crippen LogP contribution is 2.26. The van der Waals surface area contributed by atoms with E-state index in [9.17, 15) is 0 Å². The molecule has 0 amide bonds. The zero-order valence-corrected chi connectivity index (χ0v) is 15.3. The van der Waals surface area contributed by atoms with E-state index in [1.54, 1.807) is 0 Å². The average molecular weight is 369 g/mol. The highest BCUT2D eigenvalue weighted by Gasteiger charge is 2.15. The van der Waals surface area contributed by atoms with E-state index < -0.39 is 8.07 Å². The van der Waals surface area contributed by atoms with Crippen LogP contribution in [0.25, 0.3) is 0 Å². The van der Waals surface area contributed by atoms with Crippen molar-refractivity contribution in [3.63, 3.8) is 0 Å². The van der Waals surface area contributed by atoms with Crippen LogP contribution in [-0.2, 0) is 6.54 Å². The standard InChI is InChI=1S/C16H19BrClNSi/c1-20(2,3)14-7-4-12(5-8-14)11-19-16-9-6-13(17)10-15(16)18/h4-10,19H,11H2,1-3H3. The molecule has 0 bridgehead atoms. The van der Waals surface area contributed by atoms with Gasteiger partial charge in [-0.3, -0.25) is 0 Å². The van der Waals surface area contributed by atoms with Crippen LogP contribution in [0.5, 0.6) is 0 Å². The lowest BCUT2D eigenvalue weighted by Gasteiger charge is -2.17. The van der Waals surface area contributed by atoms with Gasteiger partial charge in [-0.2, -0.15) is 0 Å². The third-order valence-electron chi connectivity index (χ3n) is 3.23. The number of benzene rings is 2. The maximum Gasteiger partial charge on any atom is 0.0775 e. The third kappa shape index (κ3) is 4.11. The van der Waals surface area contributed by atoms with Gasteiger partial charge >= 0.3 is 0 Å². The SMILES string of the molecule is C[Si](C)(C)c1ccc(CNc2ccc(Br)cc2Cl)cc1. The summed E-state index contributed by atoms with van der Waals surface area (Å²) < 4.78 is 0.993. The van der Waals surface area contributed by atoms with Crippen molar-refractivity contribution in [2.75, 3.05) is 5.32 Å². The second-order valence-corrected chi connectivity index (χ2v) is 12.3. The summed E-state index contributed by atoms with van der Waals surface area (Å²) in [7, 11) is -1.21. The van der Waals surface area contributed by atoms with E-state index in [4.69, 9.17) is 11.6 Å². The molecule has 0 saturated carbocycles. The van der Waals surface area contributed by atoms with E-state index in [0.29, 0.717) is 0 Å². The Balaban J connectivity index is 2.04. The summed E-state index contributed by atoms with van der Waals surface area (Å²) in [5.41, 5.74) is 2.23. The lowest BCUT2D eigenvalue weighted by Crippen LogP contribution is -2.37. The second kappa shape index (κ2) is 6.33. The molecule has 2 aromatic rings. The molecule has 0 radical (unpaired) electrons. The average Bonchev–Trinajstić information content (AvgIpc) is 2.37. The summed E-state index contributed by atoms with van der Waals surface area (Å²) in [4.78, 5) is 0. The first kappa shape index (κ1) is 15.6. The van der Waals surface area contributed by atoms with Gasteiger partial charge in [0.05, 0.1) is 18.8 Å². The van der Waals surface area contributed by atoms with Gasteiger partial charge in [-0.05, 0) is 23.8 Å². The van der Waals surface area contributed by atoms with Crippen LogP contribution in [0.2, 0.25) is 24.7 Å². The first-order valence-electron chi connectivity index (χ1n) is 6.64. The molecule has 2 aromatic carbocycles. The summed E-state index contributed by atoms with van der Waals surface area (Å²) in [5, 5.41) is 5.60. The number of nitrogens with one attached hydrogen (secondary N) is 1. The van der Waals surface area contributed by atoms with Crippen molar-refractivity contribution >= 4 is 46.5 Å². The molecule has 1 nitrogen and oxygen atoms in total. The fourth-order valence-electron chi connectivity index (χ4n) is 1.95. The molecule has 4 heteroatoms. The fraction of sp³-hybridized carbons (Fsp3) is 0.250. The summed E-state index contributed by atoms with van der Waals surface area (Å²) >= 11 is 9.60. The molecule has 0 saturated heterocycles. The van der Waals surface area contributed by atoms with E-state index in [2.05, 4.69) is 65.2 Å². The lowest BCUT2D eigenvalue weighted by molar-refractivity contribution is 1.15. The molecular weight excluding hydrogens is 350 g/mol. The summed E-state index contributed by atoms with van der Waals surface area (Å²) in [6, 6.07) is 14.8. The van der Waals surface area contributed by atoms with Gasteiger partial charge < -0.3 is 5.32 Å². The number of hydrogen-bond donors (Lipinski definition) is 1. The molecular formula is C16H19BrClNSi. The van der Waals surface area contributed by atoms with Crippen molar-refractivity contribution in [1.29, 1.82) is 0 Å². The van der Waals surface area contributed by atoms with Crippen molar-refractivity contribution < 1.29 is 0 Å². The Hall–Kier alpha value is -0.773. The zero-order chi connectivity index (χ0) is 14.8. The van der Waals surface area contributed by atoms with Crippen LogP contribution in [0.15, 0.2) is 46.9 Å². The Morgan fingerprint density at radius 2 is 1.70 bits per heavy atom. The van der Waals surface area contributed by atoms with Gasteiger partial charge in [0.15, 0.2) is 0 Å². The Morgan fingerprint density at radius 3 is 2.25 bits per heavy atom. The quantitative estimate of drug-likeness (QED) is 0.726. The molecule has 0 aliphatic heterocycles. The van der Waals surface area contributed by atoms with Crippen LogP contribution >= 0.6 is 27.5 Å². The first-order valence-corrected chi connectivity index (χ1v) is 11.3. The zero-order valence-electron chi connectivity index (χ0n) is 12.0. The number of rotatable bonds is 4. The topological polar surface area (TPSA) is 12.0 Å². The van der Waals surface area contributed by atoms with Crippen LogP contribution in [0.3, 0.4) is 0 Å². The Bertz CT molecular complexity index is 590. The third-order valence-corrected chi connectivity index (χ3v) is 6.11. The van der Waals surface area contributed by atoms with E-state index >= 15 is 0 Å². The van der Waals surface area contributed by atoms with Crippen LogP contribution in [0.4, 0.5) is 5.69 Å². The molecule has 1 N–H and O–H groups in total. The molecule has 0 aromatic heterocycles. The van der Waals surface area contributed by atoms with Gasteiger partial charge in [0.2, 0.25) is 0 Å². The van der Waals surface area contributed by atoms with Gasteiger partial charge in [0.1, 0.15) is 0 Å². The number of halogens is 2. The smallest absolute Gasteiger partial charge is 0.0775 e. The van der Waals surface area contributed by atoms with E-state index in [1.165, 1.54) is 10.8 Å². The summed E-state index contributed by atoms with van der Waals surface area (Å²) in [6.07, 6.45) is 0. The molecule has 0 spiro atoms. The minimum Gasteiger partial charge on any atom is -0.380 e. The van der Waals surface area contributed by atoms with Crippen molar-refractivity contribution in [3.8, 4) is 0 Å². The van der Waals surface area contributed by atoms with Gasteiger partial charge in [-0.1, -0.05) is 76.6 Å². The molecule has 0 fully saturated rings. The van der Waals surface area contributed by atoms with Crippen LogP contribution < -0.4 is 10.5 Å². The Kier molecular flexibility index (Phi) is 4.94. The first-order chi connectivity index (χ1) is 9.36. The summed E-state index contributed by atoms with van der Waals surface area (Å²) in [6.45, 7) is 7.87. The molecule has 20 heavy (non-hydrogen) atoms. The lowest BCUT2D eigenvalue weighted by atomic mass is 10.2. The van der Waals surface area contributed by atoms with Gasteiger partial charge in [-0.15, -0.1) is 0 Å². The predicted octanol–water partition coefficient (Wildman–Crippen LogP) is 5.26. The maximum absolute atomic E-state index is 6.19. The van der Waals surface area contributed by atoms with Crippen molar-refractivity contribution in [3.05, 3.63) is 57.5 Å². The van der Waals surface area contributed by atoms with Gasteiger partial charge in [0.25, 0.3) is 0 Å². The molecule has 0 unspecified atom stereocenters. The molecule has 2 rings (SSSR count).